The largest absolute Gasteiger partial charge is 0.494 e. The van der Waals surface area contributed by atoms with Gasteiger partial charge in [-0.25, -0.2) is 13.2 Å². The zero-order valence-corrected chi connectivity index (χ0v) is 14.7. The van der Waals surface area contributed by atoms with Crippen LogP contribution < -0.4 is 14.8 Å². The third kappa shape index (κ3) is 5.27. The van der Waals surface area contributed by atoms with Crippen LogP contribution in [0.5, 0.6) is 11.5 Å². The van der Waals surface area contributed by atoms with Crippen LogP contribution in [0.1, 0.15) is 6.92 Å². The van der Waals surface area contributed by atoms with Crippen LogP contribution >= 0.6 is 0 Å². The molecule has 0 atom stereocenters. The molecule has 1 N–H and O–H groups in total. The number of ether oxygens (including phenoxy) is 2. The Bertz CT molecular complexity index is 640. The topological polar surface area (TPSA) is 88.2 Å². The zero-order valence-electron chi connectivity index (χ0n) is 13.9. The minimum Gasteiger partial charge on any atom is -0.494 e. The van der Waals surface area contributed by atoms with E-state index in [9.17, 15) is 13.2 Å². The number of hydrogen-bond donors (Lipinski definition) is 1. The zero-order chi connectivity index (χ0) is 17.6. The van der Waals surface area contributed by atoms with E-state index in [2.05, 4.69) is 5.32 Å². The lowest BCUT2D eigenvalue weighted by molar-refractivity contribution is 0.162. The van der Waals surface area contributed by atoms with Crippen molar-refractivity contribution < 1.29 is 22.7 Å². The number of carbonyl (C=O) groups excluding carboxylic acids is 1. The number of rotatable bonds is 6. The first-order chi connectivity index (χ1) is 11.4. The summed E-state index contributed by atoms with van der Waals surface area (Å²) in [7, 11) is -3.20. The summed E-state index contributed by atoms with van der Waals surface area (Å²) in [6.45, 7) is 3.90. The average molecular weight is 357 g/mol. The smallest absolute Gasteiger partial charge is 0.320 e. The van der Waals surface area contributed by atoms with Crippen LogP contribution in [0.25, 0.3) is 0 Å². The molecule has 0 aromatic heterocycles. The lowest BCUT2D eigenvalue weighted by atomic mass is 10.3. The summed E-state index contributed by atoms with van der Waals surface area (Å²) in [5.74, 6) is 1.39. The van der Waals surface area contributed by atoms with Gasteiger partial charge in [0.25, 0.3) is 0 Å². The summed E-state index contributed by atoms with van der Waals surface area (Å²) in [6, 6.07) is 6.86. The van der Waals surface area contributed by atoms with Gasteiger partial charge in [0.1, 0.15) is 11.5 Å². The molecule has 1 aliphatic rings. The maximum absolute atomic E-state index is 12.0. The Morgan fingerprint density at radius 3 is 2.12 bits per heavy atom. The normalized spacial score (nSPS) is 15.8. The van der Waals surface area contributed by atoms with Gasteiger partial charge >= 0.3 is 6.03 Å². The number of nitrogens with zero attached hydrogens (tertiary/aromatic N) is 2. The van der Waals surface area contributed by atoms with Gasteiger partial charge in [-0.2, -0.15) is 4.31 Å². The first-order valence-electron chi connectivity index (χ1n) is 7.73. The van der Waals surface area contributed by atoms with Gasteiger partial charge in [-0.15, -0.1) is 0 Å². The second-order valence-corrected chi connectivity index (χ2v) is 7.31. The molecule has 9 heteroatoms. The Morgan fingerprint density at radius 2 is 1.62 bits per heavy atom. The standard InChI is InChI=1S/C15H23N3O5S/c1-3-22-13-4-6-14(7-5-13)23-12-16-15(19)17-8-10-18(11-9-17)24(2,20)21/h4-7H,3,8-12H2,1-2H3,(H,16,19). The van der Waals surface area contributed by atoms with E-state index in [4.69, 9.17) is 9.47 Å². The quantitative estimate of drug-likeness (QED) is 0.758. The van der Waals surface area contributed by atoms with Crippen LogP contribution in [-0.4, -0.2) is 69.4 Å². The number of piperazine rings is 1. The molecular formula is C15H23N3O5S. The Hall–Kier alpha value is -2.00. The van der Waals surface area contributed by atoms with E-state index in [-0.39, 0.29) is 12.8 Å². The number of nitrogens with one attached hydrogen (secondary N) is 1. The fourth-order valence-electron chi connectivity index (χ4n) is 2.31. The Labute approximate surface area is 142 Å². The Balaban J connectivity index is 1.72. The minimum atomic E-state index is -3.20. The van der Waals surface area contributed by atoms with Crippen molar-refractivity contribution in [3.8, 4) is 11.5 Å². The first-order valence-corrected chi connectivity index (χ1v) is 9.58. The third-order valence-corrected chi connectivity index (χ3v) is 4.90. The summed E-state index contributed by atoms with van der Waals surface area (Å²) >= 11 is 0. The van der Waals surface area contributed by atoms with E-state index < -0.39 is 10.0 Å². The number of sulfonamides is 1. The molecular weight excluding hydrogens is 334 g/mol. The number of benzene rings is 1. The SMILES string of the molecule is CCOc1ccc(OCNC(=O)N2CCN(S(C)(=O)=O)CC2)cc1. The van der Waals surface area contributed by atoms with Gasteiger partial charge in [0.15, 0.2) is 6.73 Å². The third-order valence-electron chi connectivity index (χ3n) is 3.59. The number of carbonyl (C=O) groups is 1. The molecule has 0 bridgehead atoms. The van der Waals surface area contributed by atoms with Crippen LogP contribution in [0.3, 0.4) is 0 Å². The molecule has 0 radical (unpaired) electrons. The van der Waals surface area contributed by atoms with Crippen LogP contribution in [0.15, 0.2) is 24.3 Å². The summed E-state index contributed by atoms with van der Waals surface area (Å²) in [6.07, 6.45) is 1.17. The maximum Gasteiger partial charge on any atom is 0.320 e. The number of urea groups is 1. The van der Waals surface area contributed by atoms with Crippen LogP contribution in [0, 0.1) is 0 Å². The van der Waals surface area contributed by atoms with Crippen molar-refractivity contribution in [2.24, 2.45) is 0 Å². The first kappa shape index (κ1) is 18.3. The van der Waals surface area contributed by atoms with Crippen molar-refractivity contribution in [3.63, 3.8) is 0 Å². The van der Waals surface area contributed by atoms with Crippen molar-refractivity contribution in [2.45, 2.75) is 6.92 Å². The fraction of sp³-hybridized carbons (Fsp3) is 0.533. The van der Waals surface area contributed by atoms with Gasteiger partial charge in [-0.3, -0.25) is 0 Å². The molecule has 1 fully saturated rings. The molecule has 1 aromatic rings. The fourth-order valence-corrected chi connectivity index (χ4v) is 3.14. The van der Waals surface area contributed by atoms with Gasteiger partial charge in [-0.1, -0.05) is 0 Å². The second-order valence-electron chi connectivity index (χ2n) is 5.32. The van der Waals surface area contributed by atoms with E-state index in [0.29, 0.717) is 38.5 Å². The van der Waals surface area contributed by atoms with Gasteiger partial charge in [0, 0.05) is 26.2 Å². The van der Waals surface area contributed by atoms with Gasteiger partial charge in [0.2, 0.25) is 10.0 Å². The molecule has 2 amide bonds. The van der Waals surface area contributed by atoms with Gasteiger partial charge < -0.3 is 19.7 Å². The van der Waals surface area contributed by atoms with Crippen LogP contribution in [0.2, 0.25) is 0 Å². The second kappa shape index (κ2) is 8.20. The highest BCUT2D eigenvalue weighted by Crippen LogP contribution is 2.17. The summed E-state index contributed by atoms with van der Waals surface area (Å²) in [4.78, 5) is 13.6. The van der Waals surface area contributed by atoms with E-state index >= 15 is 0 Å². The van der Waals surface area contributed by atoms with Crippen molar-refractivity contribution in [2.75, 3.05) is 45.8 Å². The number of hydrogen-bond acceptors (Lipinski definition) is 5. The average Bonchev–Trinajstić information content (AvgIpc) is 2.56. The molecule has 2 rings (SSSR count). The van der Waals surface area contributed by atoms with E-state index in [1.165, 1.54) is 10.6 Å². The summed E-state index contributed by atoms with van der Waals surface area (Å²) < 4.78 is 35.0. The lowest BCUT2D eigenvalue weighted by Gasteiger charge is -2.33. The van der Waals surface area contributed by atoms with Gasteiger partial charge in [0.05, 0.1) is 12.9 Å². The summed E-state index contributed by atoms with van der Waals surface area (Å²) in [5.41, 5.74) is 0. The molecule has 0 saturated carbocycles. The predicted molar refractivity (Wildman–Crippen MR) is 89.6 cm³/mol. The van der Waals surface area contributed by atoms with E-state index in [1.54, 1.807) is 29.2 Å². The Morgan fingerprint density at radius 1 is 1.08 bits per heavy atom. The highest BCUT2D eigenvalue weighted by molar-refractivity contribution is 7.88. The number of amides is 2. The maximum atomic E-state index is 12.0. The van der Waals surface area contributed by atoms with Crippen molar-refractivity contribution in [1.82, 2.24) is 14.5 Å². The molecule has 0 unspecified atom stereocenters. The molecule has 0 aliphatic carbocycles. The minimum absolute atomic E-state index is 0.0408. The van der Waals surface area contributed by atoms with Crippen molar-refractivity contribution in [3.05, 3.63) is 24.3 Å². The predicted octanol–water partition coefficient (Wildman–Crippen LogP) is 0.708. The molecule has 1 heterocycles. The van der Waals surface area contributed by atoms with Crippen molar-refractivity contribution in [1.29, 1.82) is 0 Å². The highest BCUT2D eigenvalue weighted by Gasteiger charge is 2.25. The van der Waals surface area contributed by atoms with Gasteiger partial charge in [-0.05, 0) is 31.2 Å². The van der Waals surface area contributed by atoms with Crippen molar-refractivity contribution >= 4 is 16.1 Å². The molecule has 1 aromatic carbocycles. The van der Waals surface area contributed by atoms with E-state index in [1.807, 2.05) is 6.92 Å². The Kier molecular flexibility index (Phi) is 6.27. The molecule has 24 heavy (non-hydrogen) atoms. The lowest BCUT2D eigenvalue weighted by Crippen LogP contribution is -2.53. The molecule has 0 spiro atoms. The molecule has 8 nitrogen and oxygen atoms in total. The van der Waals surface area contributed by atoms with Crippen LogP contribution in [-0.2, 0) is 10.0 Å². The van der Waals surface area contributed by atoms with E-state index in [0.717, 1.165) is 5.75 Å². The molecule has 134 valence electrons. The monoisotopic (exact) mass is 357 g/mol. The molecule has 1 saturated heterocycles. The molecule has 1 aliphatic heterocycles. The summed E-state index contributed by atoms with van der Waals surface area (Å²) in [5, 5.41) is 2.66. The highest BCUT2D eigenvalue weighted by atomic mass is 32.2. The van der Waals surface area contributed by atoms with Crippen LogP contribution in [0.4, 0.5) is 4.79 Å².